The highest BCUT2D eigenvalue weighted by Gasteiger charge is 2.20. The summed E-state index contributed by atoms with van der Waals surface area (Å²) in [5.74, 6) is -1.76. The van der Waals surface area contributed by atoms with Gasteiger partial charge >= 0.3 is 5.97 Å². The monoisotopic (exact) mass is 381 g/mol. The molecule has 5 N–H and O–H groups in total. The number of benzene rings is 3. The van der Waals surface area contributed by atoms with Crippen molar-refractivity contribution in [2.45, 2.75) is 13.1 Å². The van der Waals surface area contributed by atoms with Crippen LogP contribution in [0.25, 0.3) is 0 Å². The lowest BCUT2D eigenvalue weighted by Crippen LogP contribution is -2.23. The molecule has 0 bridgehead atoms. The molecule has 0 saturated heterocycles. The Hall–Kier alpha value is -3.87. The Balaban J connectivity index is 2.07. The van der Waals surface area contributed by atoms with E-state index in [4.69, 9.17) is 0 Å². The third-order valence-corrected chi connectivity index (χ3v) is 4.36. The Bertz CT molecular complexity index is 1020. The molecule has 0 saturated carbocycles. The van der Waals surface area contributed by atoms with Crippen molar-refractivity contribution in [3.05, 3.63) is 77.4 Å². The van der Waals surface area contributed by atoms with E-state index in [9.17, 15) is 30.3 Å². The number of hydrogen-bond donors (Lipinski definition) is 5. The van der Waals surface area contributed by atoms with Gasteiger partial charge in [0, 0.05) is 24.2 Å². The van der Waals surface area contributed by atoms with Crippen molar-refractivity contribution in [1.29, 1.82) is 0 Å². The largest absolute Gasteiger partial charge is 0.508 e. The Morgan fingerprint density at radius 3 is 2.18 bits per heavy atom. The van der Waals surface area contributed by atoms with Crippen molar-refractivity contribution in [1.82, 2.24) is 0 Å². The number of rotatable bonds is 6. The van der Waals surface area contributed by atoms with Gasteiger partial charge in [-0.25, -0.2) is 4.79 Å². The van der Waals surface area contributed by atoms with Crippen LogP contribution in [0.2, 0.25) is 0 Å². The number of para-hydroxylation sites is 2. The number of anilines is 1. The van der Waals surface area contributed by atoms with Crippen LogP contribution in [0.1, 0.15) is 21.5 Å². The molecule has 0 aliphatic carbocycles. The summed E-state index contributed by atoms with van der Waals surface area (Å²) in [7, 11) is 0. The number of phenolic OH excluding ortho intramolecular Hbond substituents is 3. The molecular weight excluding hydrogens is 362 g/mol. The normalized spacial score (nSPS) is 10.6. The lowest BCUT2D eigenvalue weighted by molar-refractivity contribution is 0.0693. The maximum Gasteiger partial charge on any atom is 0.339 e. The Kier molecular flexibility index (Phi) is 5.26. The summed E-state index contributed by atoms with van der Waals surface area (Å²) >= 11 is 0. The topological polar surface area (TPSA) is 121 Å². The minimum atomic E-state index is -1.28. The van der Waals surface area contributed by atoms with Crippen LogP contribution in [0.3, 0.4) is 0 Å². The number of carboxylic acid groups (broad SMARTS) is 1. The van der Waals surface area contributed by atoms with Gasteiger partial charge in [0.1, 0.15) is 22.8 Å². The average Bonchev–Trinajstić information content (AvgIpc) is 2.66. The summed E-state index contributed by atoms with van der Waals surface area (Å²) in [5.41, 5.74) is 0.864. The summed E-state index contributed by atoms with van der Waals surface area (Å²) in [6.07, 6.45) is 0. The SMILES string of the molecule is O=C(O)c1cccc(N(Cc2ccccc2O)Cc2cc(O)ccc2O)c1O. The molecule has 0 unspecified atom stereocenters. The molecule has 7 nitrogen and oxygen atoms in total. The predicted octanol–water partition coefficient (Wildman–Crippen LogP) is 3.41. The minimum Gasteiger partial charge on any atom is -0.508 e. The Labute approximate surface area is 161 Å². The van der Waals surface area contributed by atoms with Crippen molar-refractivity contribution in [3.63, 3.8) is 0 Å². The molecule has 0 aliphatic rings. The number of carboxylic acids is 1. The molecular formula is C21H19NO6. The second kappa shape index (κ2) is 7.79. The van der Waals surface area contributed by atoms with Gasteiger partial charge < -0.3 is 30.4 Å². The maximum atomic E-state index is 11.4. The van der Waals surface area contributed by atoms with Gasteiger partial charge in [0.2, 0.25) is 0 Å². The van der Waals surface area contributed by atoms with Crippen LogP contribution in [-0.2, 0) is 13.1 Å². The van der Waals surface area contributed by atoms with Gasteiger partial charge in [-0.2, -0.15) is 0 Å². The first-order valence-electron chi connectivity index (χ1n) is 8.44. The molecule has 0 atom stereocenters. The lowest BCUT2D eigenvalue weighted by Gasteiger charge is -2.27. The highest BCUT2D eigenvalue weighted by atomic mass is 16.4. The van der Waals surface area contributed by atoms with Crippen LogP contribution in [0.5, 0.6) is 23.0 Å². The van der Waals surface area contributed by atoms with Gasteiger partial charge in [-0.1, -0.05) is 24.3 Å². The summed E-state index contributed by atoms with van der Waals surface area (Å²) in [5, 5.41) is 49.7. The van der Waals surface area contributed by atoms with Crippen LogP contribution in [0.4, 0.5) is 5.69 Å². The lowest BCUT2D eigenvalue weighted by atomic mass is 10.1. The van der Waals surface area contributed by atoms with Gasteiger partial charge in [-0.3, -0.25) is 0 Å². The molecule has 144 valence electrons. The first kappa shape index (κ1) is 18.9. The summed E-state index contributed by atoms with van der Waals surface area (Å²) in [4.78, 5) is 13.0. The molecule has 3 aromatic carbocycles. The Morgan fingerprint density at radius 2 is 1.46 bits per heavy atom. The molecule has 0 spiro atoms. The summed E-state index contributed by atoms with van der Waals surface area (Å²) in [6, 6.07) is 15.0. The van der Waals surface area contributed by atoms with E-state index >= 15 is 0 Å². The highest BCUT2D eigenvalue weighted by Crippen LogP contribution is 2.35. The van der Waals surface area contributed by atoms with Gasteiger partial charge in [0.25, 0.3) is 0 Å². The number of phenols is 4. The van der Waals surface area contributed by atoms with Crippen LogP contribution < -0.4 is 4.90 Å². The van der Waals surface area contributed by atoms with E-state index in [2.05, 4.69) is 0 Å². The number of hydrogen-bond acceptors (Lipinski definition) is 6. The molecule has 0 fully saturated rings. The second-order valence-electron chi connectivity index (χ2n) is 6.28. The van der Waals surface area contributed by atoms with E-state index in [-0.39, 0.29) is 41.6 Å². The summed E-state index contributed by atoms with van der Waals surface area (Å²) in [6.45, 7) is 0.170. The molecule has 7 heteroatoms. The molecule has 0 amide bonds. The smallest absolute Gasteiger partial charge is 0.339 e. The standard InChI is InChI=1S/C21H19NO6/c23-15-8-9-19(25)14(10-15)12-22(11-13-4-1-2-7-18(13)24)17-6-3-5-16(20(17)26)21(27)28/h1-10,23-26H,11-12H2,(H,27,28). The van der Waals surface area contributed by atoms with E-state index in [0.29, 0.717) is 11.1 Å². The molecule has 3 rings (SSSR count). The van der Waals surface area contributed by atoms with Gasteiger partial charge in [0.05, 0.1) is 5.69 Å². The van der Waals surface area contributed by atoms with Crippen LogP contribution in [-0.4, -0.2) is 31.5 Å². The van der Waals surface area contributed by atoms with Gasteiger partial charge in [-0.15, -0.1) is 0 Å². The number of aromatic hydroxyl groups is 4. The zero-order valence-electron chi connectivity index (χ0n) is 14.8. The molecule has 0 aliphatic heterocycles. The van der Waals surface area contributed by atoms with E-state index in [1.807, 2.05) is 0 Å². The third-order valence-electron chi connectivity index (χ3n) is 4.36. The van der Waals surface area contributed by atoms with Crippen LogP contribution in [0.15, 0.2) is 60.7 Å². The fourth-order valence-electron chi connectivity index (χ4n) is 2.94. The van der Waals surface area contributed by atoms with Gasteiger partial charge in [-0.05, 0) is 36.4 Å². The molecule has 0 heterocycles. The predicted molar refractivity (Wildman–Crippen MR) is 103 cm³/mol. The Morgan fingerprint density at radius 1 is 0.786 bits per heavy atom. The van der Waals surface area contributed by atoms with Crippen molar-refractivity contribution >= 4 is 11.7 Å². The van der Waals surface area contributed by atoms with E-state index in [1.54, 1.807) is 29.2 Å². The first-order chi connectivity index (χ1) is 13.4. The van der Waals surface area contributed by atoms with Crippen molar-refractivity contribution in [2.75, 3.05) is 4.90 Å². The molecule has 28 heavy (non-hydrogen) atoms. The van der Waals surface area contributed by atoms with E-state index in [1.165, 1.54) is 36.4 Å². The molecule has 3 aromatic rings. The fraction of sp³-hybridized carbons (Fsp3) is 0.0952. The summed E-state index contributed by atoms with van der Waals surface area (Å²) < 4.78 is 0. The number of carbonyl (C=O) groups is 1. The quantitative estimate of drug-likeness (QED) is 0.415. The molecule has 0 aromatic heterocycles. The number of nitrogens with zero attached hydrogens (tertiary/aromatic N) is 1. The maximum absolute atomic E-state index is 11.4. The van der Waals surface area contributed by atoms with Crippen LogP contribution >= 0.6 is 0 Å². The minimum absolute atomic E-state index is 0.0428. The zero-order chi connectivity index (χ0) is 20.3. The first-order valence-corrected chi connectivity index (χ1v) is 8.44. The fourth-order valence-corrected chi connectivity index (χ4v) is 2.94. The van der Waals surface area contributed by atoms with Crippen molar-refractivity contribution in [3.8, 4) is 23.0 Å². The number of aromatic carboxylic acids is 1. The van der Waals surface area contributed by atoms with Crippen molar-refractivity contribution < 1.29 is 30.3 Å². The van der Waals surface area contributed by atoms with Crippen LogP contribution in [0, 0.1) is 0 Å². The third kappa shape index (κ3) is 3.93. The van der Waals surface area contributed by atoms with Gasteiger partial charge in [0.15, 0.2) is 5.75 Å². The van der Waals surface area contributed by atoms with Crippen molar-refractivity contribution in [2.24, 2.45) is 0 Å². The highest BCUT2D eigenvalue weighted by molar-refractivity contribution is 5.93. The average molecular weight is 381 g/mol. The molecule has 0 radical (unpaired) electrons. The zero-order valence-corrected chi connectivity index (χ0v) is 14.8. The van der Waals surface area contributed by atoms with E-state index < -0.39 is 11.7 Å². The van der Waals surface area contributed by atoms with E-state index in [0.717, 1.165) is 0 Å². The second-order valence-corrected chi connectivity index (χ2v) is 6.28.